The molecule has 8 heteroatoms. The molecule has 6 nitrogen and oxygen atoms in total. The summed E-state index contributed by atoms with van der Waals surface area (Å²) in [4.78, 5) is 10.9. The first-order valence-electron chi connectivity index (χ1n) is 9.24. The molecule has 0 spiro atoms. The van der Waals surface area contributed by atoms with Crippen LogP contribution in [0.5, 0.6) is 0 Å². The Morgan fingerprint density at radius 1 is 1.26 bits per heavy atom. The molecule has 1 N–H and O–H groups in total. The quantitative estimate of drug-likeness (QED) is 0.540. The number of fused-ring (bicyclic) bond motifs is 2. The predicted octanol–water partition coefficient (Wildman–Crippen LogP) is 2.86. The minimum atomic E-state index is 0.407. The van der Waals surface area contributed by atoms with Crippen LogP contribution in [0.15, 0.2) is 30.3 Å². The summed E-state index contributed by atoms with van der Waals surface area (Å²) in [5.74, 6) is 0.688. The summed E-state index contributed by atoms with van der Waals surface area (Å²) in [5.41, 5.74) is 3.14. The molecule has 0 aliphatic carbocycles. The molecule has 1 saturated heterocycles. The van der Waals surface area contributed by atoms with Crippen LogP contribution in [0.2, 0.25) is 0 Å². The van der Waals surface area contributed by atoms with E-state index >= 15 is 0 Å². The van der Waals surface area contributed by atoms with Gasteiger partial charge >= 0.3 is 0 Å². The highest BCUT2D eigenvalue weighted by Crippen LogP contribution is 2.28. The van der Waals surface area contributed by atoms with Crippen LogP contribution in [-0.2, 0) is 6.67 Å². The number of thiazole rings is 1. The summed E-state index contributed by atoms with van der Waals surface area (Å²) >= 11 is 7.51. The van der Waals surface area contributed by atoms with E-state index in [9.17, 15) is 0 Å². The first-order chi connectivity index (χ1) is 13.1. The van der Waals surface area contributed by atoms with Gasteiger partial charge in [-0.3, -0.25) is 4.40 Å². The molecule has 0 saturated carbocycles. The zero-order chi connectivity index (χ0) is 18.5. The number of benzene rings is 1. The molecule has 4 heterocycles. The molecular weight excluding hydrogens is 376 g/mol. The Labute approximate surface area is 166 Å². The van der Waals surface area contributed by atoms with Crippen molar-refractivity contribution < 1.29 is 4.90 Å². The topological polar surface area (TPSA) is 52.5 Å². The van der Waals surface area contributed by atoms with Gasteiger partial charge in [0.25, 0.3) is 5.78 Å². The maximum Gasteiger partial charge on any atom is 0.254 e. The highest BCUT2D eigenvalue weighted by molar-refractivity contribution is 7.71. The summed E-state index contributed by atoms with van der Waals surface area (Å²) in [6.07, 6.45) is 2.36. The van der Waals surface area contributed by atoms with Crippen LogP contribution >= 0.6 is 23.6 Å². The van der Waals surface area contributed by atoms with Gasteiger partial charge in [0.2, 0.25) is 4.77 Å². The second-order valence-corrected chi connectivity index (χ2v) is 8.66. The molecule has 1 unspecified atom stereocenters. The van der Waals surface area contributed by atoms with Crippen LogP contribution < -0.4 is 4.90 Å². The Balaban J connectivity index is 1.49. The summed E-state index contributed by atoms with van der Waals surface area (Å²) in [6, 6.07) is 10.8. The minimum Gasteiger partial charge on any atom is -0.308 e. The van der Waals surface area contributed by atoms with Crippen LogP contribution in [0, 0.1) is 18.6 Å². The SMILES string of the molecule is Cc1cc(C)n2c(=S)n(C[NH+]3CCC[C@H]3c3nc4ccccc4s3)nc2n1. The van der Waals surface area contributed by atoms with Crippen molar-refractivity contribution in [3.63, 3.8) is 0 Å². The van der Waals surface area contributed by atoms with Gasteiger partial charge in [0.05, 0.1) is 16.8 Å². The second-order valence-electron chi connectivity index (χ2n) is 7.24. The van der Waals surface area contributed by atoms with Crippen LogP contribution in [0.1, 0.15) is 35.3 Å². The van der Waals surface area contributed by atoms with Crippen molar-refractivity contribution in [2.45, 2.75) is 39.4 Å². The molecule has 1 fully saturated rings. The van der Waals surface area contributed by atoms with Crippen LogP contribution in [-0.4, -0.2) is 30.7 Å². The van der Waals surface area contributed by atoms with Gasteiger partial charge in [-0.15, -0.1) is 16.4 Å². The van der Waals surface area contributed by atoms with Crippen LogP contribution in [0.3, 0.4) is 0 Å². The van der Waals surface area contributed by atoms with E-state index in [-0.39, 0.29) is 0 Å². The van der Waals surface area contributed by atoms with Gasteiger partial charge in [0.1, 0.15) is 6.04 Å². The molecule has 3 aromatic heterocycles. The number of para-hydroxylation sites is 1. The van der Waals surface area contributed by atoms with E-state index in [0.29, 0.717) is 11.8 Å². The van der Waals surface area contributed by atoms with Crippen molar-refractivity contribution in [1.82, 2.24) is 24.1 Å². The summed E-state index contributed by atoms with van der Waals surface area (Å²) in [7, 11) is 0. The Morgan fingerprint density at radius 3 is 2.96 bits per heavy atom. The Hall–Kier alpha value is -2.16. The first kappa shape index (κ1) is 17.0. The monoisotopic (exact) mass is 397 g/mol. The van der Waals surface area contributed by atoms with Gasteiger partial charge in [-0.1, -0.05) is 12.1 Å². The number of rotatable bonds is 3. The second kappa shape index (κ2) is 6.47. The Morgan fingerprint density at radius 2 is 2.11 bits per heavy atom. The molecule has 2 atom stereocenters. The molecule has 1 aromatic carbocycles. The van der Waals surface area contributed by atoms with Gasteiger partial charge < -0.3 is 4.90 Å². The molecule has 1 aliphatic rings. The summed E-state index contributed by atoms with van der Waals surface area (Å²) < 4.78 is 5.88. The molecule has 4 aromatic rings. The lowest BCUT2D eigenvalue weighted by Crippen LogP contribution is -3.09. The Bertz CT molecular complexity index is 1170. The first-order valence-corrected chi connectivity index (χ1v) is 10.5. The van der Waals surface area contributed by atoms with Crippen molar-refractivity contribution in [1.29, 1.82) is 0 Å². The number of nitrogens with one attached hydrogen (secondary N) is 1. The normalized spacial score (nSPS) is 20.1. The molecule has 1 aliphatic heterocycles. The lowest BCUT2D eigenvalue weighted by Gasteiger charge is -2.19. The molecule has 0 amide bonds. The van der Waals surface area contributed by atoms with E-state index in [4.69, 9.17) is 22.3 Å². The van der Waals surface area contributed by atoms with Crippen molar-refractivity contribution in [2.75, 3.05) is 6.54 Å². The standard InChI is InChI=1S/C19H20N6S2/c1-12-10-13(2)25-18(20-12)22-24(19(25)26)11-23-9-5-7-15(23)17-21-14-6-3-4-8-16(14)27-17/h3-4,6,8,10,15H,5,7,9,11H2,1-2H3/p+1/t15-/m0/s1. The molecular formula is C19H21N6S2+. The summed E-state index contributed by atoms with van der Waals surface area (Å²) in [6.45, 7) is 5.91. The number of aryl methyl sites for hydroxylation is 2. The van der Waals surface area contributed by atoms with Crippen molar-refractivity contribution in [2.24, 2.45) is 0 Å². The predicted molar refractivity (Wildman–Crippen MR) is 109 cm³/mol. The highest BCUT2D eigenvalue weighted by Gasteiger charge is 2.33. The fourth-order valence-electron chi connectivity index (χ4n) is 4.07. The van der Waals surface area contributed by atoms with Gasteiger partial charge in [-0.05, 0) is 44.3 Å². The van der Waals surface area contributed by atoms with Gasteiger partial charge in [0.15, 0.2) is 11.7 Å². The molecule has 5 rings (SSSR count). The highest BCUT2D eigenvalue weighted by atomic mass is 32.1. The average molecular weight is 398 g/mol. The maximum atomic E-state index is 5.70. The van der Waals surface area contributed by atoms with E-state index in [2.05, 4.69) is 36.2 Å². The van der Waals surface area contributed by atoms with Crippen molar-refractivity contribution in [3.05, 3.63) is 51.5 Å². The number of quaternary nitrogens is 1. The van der Waals surface area contributed by atoms with Gasteiger partial charge in [-0.2, -0.15) is 4.68 Å². The zero-order valence-corrected chi connectivity index (χ0v) is 17.0. The fourth-order valence-corrected chi connectivity index (χ4v) is 5.56. The van der Waals surface area contributed by atoms with E-state index < -0.39 is 0 Å². The molecule has 27 heavy (non-hydrogen) atoms. The van der Waals surface area contributed by atoms with E-state index in [1.54, 1.807) is 0 Å². The molecule has 0 radical (unpaired) electrons. The number of hydrogen-bond acceptors (Lipinski definition) is 5. The number of likely N-dealkylation sites (tertiary alicyclic amines) is 1. The molecule has 138 valence electrons. The summed E-state index contributed by atoms with van der Waals surface area (Å²) in [5, 5.41) is 5.92. The minimum absolute atomic E-state index is 0.407. The zero-order valence-electron chi connectivity index (χ0n) is 15.3. The third kappa shape index (κ3) is 2.88. The number of aromatic nitrogens is 5. The maximum absolute atomic E-state index is 5.70. The van der Waals surface area contributed by atoms with Crippen LogP contribution in [0.4, 0.5) is 0 Å². The van der Waals surface area contributed by atoms with Crippen molar-refractivity contribution in [3.8, 4) is 0 Å². The fraction of sp³-hybridized carbons (Fsp3) is 0.368. The third-order valence-electron chi connectivity index (χ3n) is 5.31. The lowest BCUT2D eigenvalue weighted by atomic mass is 10.2. The number of nitrogens with zero attached hydrogens (tertiary/aromatic N) is 5. The third-order valence-corrected chi connectivity index (χ3v) is 6.86. The van der Waals surface area contributed by atoms with Gasteiger partial charge in [-0.25, -0.2) is 9.97 Å². The largest absolute Gasteiger partial charge is 0.308 e. The number of hydrogen-bond donors (Lipinski definition) is 1. The molecule has 0 bridgehead atoms. The lowest BCUT2D eigenvalue weighted by molar-refractivity contribution is -0.941. The van der Waals surface area contributed by atoms with Gasteiger partial charge in [0, 0.05) is 24.2 Å². The van der Waals surface area contributed by atoms with Crippen molar-refractivity contribution >= 4 is 39.5 Å². The smallest absolute Gasteiger partial charge is 0.254 e. The van der Waals surface area contributed by atoms with E-state index in [1.807, 2.05) is 33.4 Å². The Kier molecular flexibility index (Phi) is 4.07. The van der Waals surface area contributed by atoms with E-state index in [0.717, 1.165) is 41.3 Å². The van der Waals surface area contributed by atoms with Crippen LogP contribution in [0.25, 0.3) is 16.0 Å². The van der Waals surface area contributed by atoms with E-state index in [1.165, 1.54) is 21.0 Å². The average Bonchev–Trinajstić information content (AvgIpc) is 3.32.